The number of carboxylic acid groups (broad SMARTS) is 1. The monoisotopic (exact) mass is 268 g/mol. The Balaban J connectivity index is 2.10. The molecule has 1 heterocycles. The molecule has 0 radical (unpaired) electrons. The Morgan fingerprint density at radius 2 is 2.16 bits per heavy atom. The average molecular weight is 268 g/mol. The van der Waals surface area contributed by atoms with Crippen LogP contribution in [0.3, 0.4) is 0 Å². The molecule has 2 rings (SSSR count). The van der Waals surface area contributed by atoms with E-state index in [1.807, 2.05) is 0 Å². The maximum Gasteiger partial charge on any atom is 0.358 e. The van der Waals surface area contributed by atoms with Crippen molar-refractivity contribution >= 4 is 5.97 Å². The second-order valence-electron chi connectivity index (χ2n) is 4.84. The van der Waals surface area contributed by atoms with Crippen molar-refractivity contribution in [2.75, 3.05) is 6.61 Å². The second-order valence-corrected chi connectivity index (χ2v) is 4.84. The van der Waals surface area contributed by atoms with Gasteiger partial charge >= 0.3 is 5.97 Å². The third-order valence-electron chi connectivity index (χ3n) is 3.38. The van der Waals surface area contributed by atoms with Gasteiger partial charge in [0, 0.05) is 13.2 Å². The summed E-state index contributed by atoms with van der Waals surface area (Å²) < 4.78 is 7.17. The lowest BCUT2D eigenvalue weighted by molar-refractivity contribution is 0.0671. The minimum absolute atomic E-state index is 0.0116. The van der Waals surface area contributed by atoms with Crippen LogP contribution >= 0.6 is 0 Å². The SMILES string of the molecule is O=C(O)c1c(OC2CCCCC2)cnn1CCCO. The summed E-state index contributed by atoms with van der Waals surface area (Å²) in [7, 11) is 0. The maximum absolute atomic E-state index is 11.3. The summed E-state index contributed by atoms with van der Waals surface area (Å²) in [4.78, 5) is 11.3. The minimum Gasteiger partial charge on any atom is -0.486 e. The summed E-state index contributed by atoms with van der Waals surface area (Å²) in [5.74, 6) is -0.696. The number of aryl methyl sites for hydroxylation is 1. The molecule has 1 aromatic rings. The van der Waals surface area contributed by atoms with Crippen molar-refractivity contribution < 1.29 is 19.7 Å². The topological polar surface area (TPSA) is 84.6 Å². The summed E-state index contributed by atoms with van der Waals surface area (Å²) >= 11 is 0. The Morgan fingerprint density at radius 3 is 2.79 bits per heavy atom. The van der Waals surface area contributed by atoms with E-state index in [4.69, 9.17) is 9.84 Å². The van der Waals surface area contributed by atoms with Gasteiger partial charge < -0.3 is 14.9 Å². The molecule has 0 unspecified atom stereocenters. The van der Waals surface area contributed by atoms with E-state index in [1.165, 1.54) is 17.3 Å². The summed E-state index contributed by atoms with van der Waals surface area (Å²) in [6.07, 6.45) is 7.48. The highest BCUT2D eigenvalue weighted by Gasteiger charge is 2.23. The van der Waals surface area contributed by atoms with E-state index < -0.39 is 5.97 Å². The van der Waals surface area contributed by atoms with Crippen molar-refractivity contribution in [2.24, 2.45) is 0 Å². The highest BCUT2D eigenvalue weighted by Crippen LogP contribution is 2.26. The standard InChI is InChI=1S/C13H20N2O4/c16-8-4-7-15-12(13(17)18)11(9-14-15)19-10-5-2-1-3-6-10/h9-10,16H,1-8H2,(H,17,18). The average Bonchev–Trinajstić information content (AvgIpc) is 2.80. The van der Waals surface area contributed by atoms with Crippen molar-refractivity contribution in [1.29, 1.82) is 0 Å². The predicted molar refractivity (Wildman–Crippen MR) is 68.4 cm³/mol. The summed E-state index contributed by atoms with van der Waals surface area (Å²) in [6, 6.07) is 0. The number of aliphatic hydroxyl groups is 1. The lowest BCUT2D eigenvalue weighted by Crippen LogP contribution is -2.21. The van der Waals surface area contributed by atoms with Gasteiger partial charge in [0.05, 0.1) is 12.3 Å². The van der Waals surface area contributed by atoms with Crippen LogP contribution in [-0.2, 0) is 6.54 Å². The molecule has 0 amide bonds. The highest BCUT2D eigenvalue weighted by molar-refractivity contribution is 5.88. The fourth-order valence-electron chi connectivity index (χ4n) is 2.42. The van der Waals surface area contributed by atoms with Crippen molar-refractivity contribution in [3.8, 4) is 5.75 Å². The van der Waals surface area contributed by atoms with E-state index in [0.717, 1.165) is 25.7 Å². The molecular weight excluding hydrogens is 248 g/mol. The van der Waals surface area contributed by atoms with Gasteiger partial charge in [0.1, 0.15) is 0 Å². The van der Waals surface area contributed by atoms with Crippen LogP contribution in [0.5, 0.6) is 5.75 Å². The zero-order valence-electron chi connectivity index (χ0n) is 10.9. The molecule has 1 aliphatic carbocycles. The van der Waals surface area contributed by atoms with E-state index in [0.29, 0.717) is 18.7 Å². The molecule has 1 aromatic heterocycles. The van der Waals surface area contributed by atoms with E-state index in [2.05, 4.69) is 5.10 Å². The van der Waals surface area contributed by atoms with Crippen LogP contribution in [-0.4, -0.2) is 38.7 Å². The lowest BCUT2D eigenvalue weighted by Gasteiger charge is -2.22. The molecule has 0 spiro atoms. The van der Waals surface area contributed by atoms with Gasteiger partial charge in [-0.05, 0) is 32.1 Å². The van der Waals surface area contributed by atoms with Crippen molar-refractivity contribution in [1.82, 2.24) is 9.78 Å². The molecule has 6 nitrogen and oxygen atoms in total. The van der Waals surface area contributed by atoms with Gasteiger partial charge in [0.2, 0.25) is 0 Å². The van der Waals surface area contributed by atoms with Gasteiger partial charge in [-0.2, -0.15) is 5.10 Å². The zero-order chi connectivity index (χ0) is 13.7. The molecule has 0 aliphatic heterocycles. The lowest BCUT2D eigenvalue weighted by atomic mass is 9.98. The fourth-order valence-corrected chi connectivity index (χ4v) is 2.42. The van der Waals surface area contributed by atoms with E-state index in [-0.39, 0.29) is 18.4 Å². The molecule has 106 valence electrons. The Bertz CT molecular complexity index is 424. The smallest absolute Gasteiger partial charge is 0.358 e. The van der Waals surface area contributed by atoms with Gasteiger partial charge in [-0.15, -0.1) is 0 Å². The Morgan fingerprint density at radius 1 is 1.42 bits per heavy atom. The number of carboxylic acids is 1. The molecule has 0 aromatic carbocycles. The Hall–Kier alpha value is -1.56. The number of ether oxygens (including phenoxy) is 1. The van der Waals surface area contributed by atoms with Crippen LogP contribution in [0.2, 0.25) is 0 Å². The second kappa shape index (κ2) is 6.56. The van der Waals surface area contributed by atoms with Crippen LogP contribution in [0.15, 0.2) is 6.20 Å². The normalized spacial score (nSPS) is 16.5. The zero-order valence-corrected chi connectivity index (χ0v) is 10.9. The molecule has 1 fully saturated rings. The van der Waals surface area contributed by atoms with E-state index in [9.17, 15) is 9.90 Å². The van der Waals surface area contributed by atoms with Crippen LogP contribution in [0, 0.1) is 0 Å². The molecule has 2 N–H and O–H groups in total. The number of rotatable bonds is 6. The van der Waals surface area contributed by atoms with Gasteiger partial charge in [0.15, 0.2) is 11.4 Å². The molecule has 0 atom stereocenters. The predicted octanol–water partition coefficient (Wildman–Crippen LogP) is 1.68. The number of carbonyl (C=O) groups is 1. The number of nitrogens with zero attached hydrogens (tertiary/aromatic N) is 2. The highest BCUT2D eigenvalue weighted by atomic mass is 16.5. The number of hydrogen-bond acceptors (Lipinski definition) is 4. The fraction of sp³-hybridized carbons (Fsp3) is 0.692. The third kappa shape index (κ3) is 3.47. The summed E-state index contributed by atoms with van der Waals surface area (Å²) in [5, 5.41) is 22.1. The first-order chi connectivity index (χ1) is 9.22. The Kier molecular flexibility index (Phi) is 4.79. The first-order valence-corrected chi connectivity index (χ1v) is 6.79. The third-order valence-corrected chi connectivity index (χ3v) is 3.38. The molecule has 6 heteroatoms. The largest absolute Gasteiger partial charge is 0.486 e. The summed E-state index contributed by atoms with van der Waals surface area (Å²) in [6.45, 7) is 0.393. The van der Waals surface area contributed by atoms with Crippen molar-refractivity contribution in [2.45, 2.75) is 51.2 Å². The Labute approximate surface area is 112 Å². The molecule has 1 aliphatic rings. The molecule has 0 saturated heterocycles. The number of aliphatic hydroxyl groups excluding tert-OH is 1. The summed E-state index contributed by atoms with van der Waals surface area (Å²) in [5.41, 5.74) is 0.0824. The molecule has 1 saturated carbocycles. The number of hydrogen-bond donors (Lipinski definition) is 2. The quantitative estimate of drug-likeness (QED) is 0.820. The minimum atomic E-state index is -1.04. The van der Waals surface area contributed by atoms with Gasteiger partial charge in [0.25, 0.3) is 0 Å². The molecule has 0 bridgehead atoms. The van der Waals surface area contributed by atoms with Gasteiger partial charge in [-0.25, -0.2) is 4.79 Å². The van der Waals surface area contributed by atoms with Crippen LogP contribution in [0.25, 0.3) is 0 Å². The van der Waals surface area contributed by atoms with Crippen LogP contribution in [0.4, 0.5) is 0 Å². The number of aromatic carboxylic acids is 1. The first kappa shape index (κ1) is 13.9. The van der Waals surface area contributed by atoms with E-state index in [1.54, 1.807) is 0 Å². The number of aromatic nitrogens is 2. The molecule has 19 heavy (non-hydrogen) atoms. The van der Waals surface area contributed by atoms with E-state index >= 15 is 0 Å². The molecular formula is C13H20N2O4. The van der Waals surface area contributed by atoms with Crippen molar-refractivity contribution in [3.05, 3.63) is 11.9 Å². The first-order valence-electron chi connectivity index (χ1n) is 6.79. The van der Waals surface area contributed by atoms with Crippen molar-refractivity contribution in [3.63, 3.8) is 0 Å². The van der Waals surface area contributed by atoms with Gasteiger partial charge in [-0.3, -0.25) is 4.68 Å². The van der Waals surface area contributed by atoms with Gasteiger partial charge in [-0.1, -0.05) is 6.42 Å². The maximum atomic E-state index is 11.3. The van der Waals surface area contributed by atoms with Crippen LogP contribution < -0.4 is 4.74 Å². The van der Waals surface area contributed by atoms with Crippen LogP contribution in [0.1, 0.15) is 49.0 Å².